The monoisotopic (exact) mass is 700 g/mol. The Labute approximate surface area is 281 Å². The van der Waals surface area contributed by atoms with E-state index in [0.29, 0.717) is 30.2 Å². The first-order chi connectivity index (χ1) is 22.7. The topological polar surface area (TPSA) is 94.2 Å². The molecule has 4 rings (SSSR count). The molecular formula is C35H42F6N2O6. The lowest BCUT2D eigenvalue weighted by molar-refractivity contribution is -0.144. The molecule has 1 unspecified atom stereocenters. The van der Waals surface area contributed by atoms with Crippen molar-refractivity contribution in [3.05, 3.63) is 58.2 Å². The molecule has 2 aliphatic carbocycles. The number of esters is 1. The number of hydrogen-bond acceptors (Lipinski definition) is 6. The third kappa shape index (κ3) is 8.43. The van der Waals surface area contributed by atoms with Crippen LogP contribution in [0.5, 0.6) is 5.75 Å². The third-order valence-corrected chi connectivity index (χ3v) is 9.46. The fraction of sp³-hybridized carbons (Fsp3) is 0.571. The van der Waals surface area contributed by atoms with Crippen molar-refractivity contribution in [2.45, 2.75) is 90.8 Å². The minimum Gasteiger partial charge on any atom is -0.496 e. The Morgan fingerprint density at radius 2 is 1.78 bits per heavy atom. The molecule has 1 aromatic carbocycles. The zero-order chi connectivity index (χ0) is 36.6. The summed E-state index contributed by atoms with van der Waals surface area (Å²) in [6.07, 6.45) is -10.3. The van der Waals surface area contributed by atoms with E-state index in [-0.39, 0.29) is 29.5 Å². The molecule has 4 atom stereocenters. The van der Waals surface area contributed by atoms with Gasteiger partial charge in [-0.2, -0.15) is 26.3 Å². The normalized spacial score (nSPS) is 23.5. The lowest BCUT2D eigenvalue weighted by atomic mass is 9.72. The van der Waals surface area contributed by atoms with Crippen molar-refractivity contribution < 1.29 is 54.9 Å². The standard InChI is InChI=1S/C35H42F6N2O6/c1-18(2)28(31(45)48-7)42-30(44)20-8-9-27(47-6)26(14-20)25-10-11-33(4,5)16-22(25)17-43-19(3)29(49-32(43)46)21-12-23(34(36,37)38)15-24(13-21)35(39,40)41/h8-9,12,14-15,18-19,21,28-29H,10-11,13,16-17H2,1-7H3,(H,42,44)/t19-,21?,28+,29-/m0/s1. The molecule has 1 heterocycles. The molecule has 3 aliphatic rings. The number of nitrogens with zero attached hydrogens (tertiary/aromatic N) is 1. The van der Waals surface area contributed by atoms with E-state index in [2.05, 4.69) is 19.2 Å². The lowest BCUT2D eigenvalue weighted by Gasteiger charge is -2.36. The summed E-state index contributed by atoms with van der Waals surface area (Å²) in [5, 5.41) is 2.72. The van der Waals surface area contributed by atoms with Gasteiger partial charge in [-0.3, -0.25) is 9.69 Å². The van der Waals surface area contributed by atoms with Crippen LogP contribution in [0.15, 0.2) is 47.1 Å². The Bertz CT molecular complexity index is 1560. The largest absolute Gasteiger partial charge is 0.496 e. The van der Waals surface area contributed by atoms with Crippen LogP contribution in [0.3, 0.4) is 0 Å². The molecule has 1 aliphatic heterocycles. The van der Waals surface area contributed by atoms with Crippen molar-refractivity contribution in [2.75, 3.05) is 20.8 Å². The highest BCUT2D eigenvalue weighted by atomic mass is 19.4. The minimum atomic E-state index is -5.02. The quantitative estimate of drug-likeness (QED) is 0.209. The van der Waals surface area contributed by atoms with Crippen molar-refractivity contribution >= 4 is 23.5 Å². The summed E-state index contributed by atoms with van der Waals surface area (Å²) in [7, 11) is 2.70. The molecule has 0 spiro atoms. The predicted molar refractivity (Wildman–Crippen MR) is 168 cm³/mol. The van der Waals surface area contributed by atoms with E-state index in [1.165, 1.54) is 19.1 Å². The maximum Gasteiger partial charge on any atom is 0.416 e. The second-order valence-electron chi connectivity index (χ2n) is 13.9. The van der Waals surface area contributed by atoms with E-state index < -0.39 is 72.0 Å². The second-order valence-corrected chi connectivity index (χ2v) is 13.9. The van der Waals surface area contributed by atoms with Crippen LogP contribution in [0.1, 0.15) is 76.2 Å². The number of carbonyl (C=O) groups is 3. The zero-order valence-corrected chi connectivity index (χ0v) is 28.5. The molecule has 14 heteroatoms. The first kappa shape index (κ1) is 37.8. The number of benzene rings is 1. The molecule has 0 radical (unpaired) electrons. The molecule has 8 nitrogen and oxygen atoms in total. The fourth-order valence-electron chi connectivity index (χ4n) is 6.73. The maximum absolute atomic E-state index is 13.6. The van der Waals surface area contributed by atoms with Crippen molar-refractivity contribution in [1.29, 1.82) is 0 Å². The lowest BCUT2D eigenvalue weighted by Crippen LogP contribution is -2.45. The number of allylic oxidation sites excluding steroid dienone is 4. The van der Waals surface area contributed by atoms with Crippen LogP contribution < -0.4 is 10.1 Å². The summed E-state index contributed by atoms with van der Waals surface area (Å²) < 4.78 is 97.8. The predicted octanol–water partition coefficient (Wildman–Crippen LogP) is 7.79. The van der Waals surface area contributed by atoms with E-state index in [9.17, 15) is 40.7 Å². The molecule has 1 N–H and O–H groups in total. The molecular weight excluding hydrogens is 658 g/mol. The molecule has 0 aromatic heterocycles. The number of hydrogen-bond donors (Lipinski definition) is 1. The number of halogens is 6. The zero-order valence-electron chi connectivity index (χ0n) is 28.5. The van der Waals surface area contributed by atoms with Gasteiger partial charge in [0.2, 0.25) is 0 Å². The molecule has 0 bridgehead atoms. The van der Waals surface area contributed by atoms with E-state index in [1.54, 1.807) is 39.0 Å². The summed E-state index contributed by atoms with van der Waals surface area (Å²) in [4.78, 5) is 40.2. The highest BCUT2D eigenvalue weighted by Crippen LogP contribution is 2.47. The van der Waals surface area contributed by atoms with Crippen LogP contribution in [-0.4, -0.2) is 74.2 Å². The summed E-state index contributed by atoms with van der Waals surface area (Å²) in [5.74, 6) is -2.27. The number of amides is 2. The van der Waals surface area contributed by atoms with E-state index in [4.69, 9.17) is 14.2 Å². The van der Waals surface area contributed by atoms with Crippen LogP contribution in [0, 0.1) is 17.3 Å². The van der Waals surface area contributed by atoms with Crippen LogP contribution in [0.2, 0.25) is 0 Å². The number of nitrogens with one attached hydrogen (secondary N) is 1. The molecule has 0 saturated carbocycles. The summed E-state index contributed by atoms with van der Waals surface area (Å²) >= 11 is 0. The average molecular weight is 701 g/mol. The Morgan fingerprint density at radius 3 is 2.35 bits per heavy atom. The Kier molecular flexibility index (Phi) is 10.9. The Morgan fingerprint density at radius 1 is 1.10 bits per heavy atom. The molecule has 1 fully saturated rings. The maximum atomic E-state index is 13.6. The highest BCUT2D eigenvalue weighted by Gasteiger charge is 2.49. The van der Waals surface area contributed by atoms with E-state index in [1.807, 2.05) is 0 Å². The highest BCUT2D eigenvalue weighted by molar-refractivity contribution is 5.98. The van der Waals surface area contributed by atoms with Gasteiger partial charge in [-0.15, -0.1) is 0 Å². The van der Waals surface area contributed by atoms with Crippen molar-refractivity contribution in [3.63, 3.8) is 0 Å². The SMILES string of the molecule is COC(=O)[C@H](NC(=O)c1ccc(OC)c(C2=C(CN3C(=O)O[C@H](C4C=C(C(F)(F)F)C=C(C(F)(F)F)C4)[C@@H]3C)CC(C)(C)CC2)c1)C(C)C. The van der Waals surface area contributed by atoms with Crippen molar-refractivity contribution in [3.8, 4) is 5.75 Å². The number of carbonyl (C=O) groups excluding carboxylic acids is 3. The first-order valence-corrected chi connectivity index (χ1v) is 16.0. The van der Waals surface area contributed by atoms with Gasteiger partial charge in [0, 0.05) is 29.2 Å². The average Bonchev–Trinajstić information content (AvgIpc) is 3.29. The number of ether oxygens (including phenoxy) is 3. The summed E-state index contributed by atoms with van der Waals surface area (Å²) in [6, 6.07) is 3.07. The van der Waals surface area contributed by atoms with Gasteiger partial charge in [0.15, 0.2) is 0 Å². The third-order valence-electron chi connectivity index (χ3n) is 9.46. The van der Waals surface area contributed by atoms with Gasteiger partial charge in [-0.25, -0.2) is 9.59 Å². The summed E-state index contributed by atoms with van der Waals surface area (Å²) in [5.41, 5.74) is -0.567. The van der Waals surface area contributed by atoms with Gasteiger partial charge in [-0.05, 0) is 79.4 Å². The second kappa shape index (κ2) is 14.1. The molecule has 1 saturated heterocycles. The van der Waals surface area contributed by atoms with Gasteiger partial charge in [-0.1, -0.05) is 33.8 Å². The van der Waals surface area contributed by atoms with Crippen LogP contribution in [0.25, 0.3) is 5.57 Å². The Hall–Kier alpha value is -3.97. The van der Waals surface area contributed by atoms with Gasteiger partial charge in [0.05, 0.1) is 25.8 Å². The molecule has 2 amide bonds. The number of alkyl halides is 6. The van der Waals surface area contributed by atoms with Crippen LogP contribution in [0.4, 0.5) is 31.1 Å². The van der Waals surface area contributed by atoms with Gasteiger partial charge < -0.3 is 19.5 Å². The van der Waals surface area contributed by atoms with Gasteiger partial charge >= 0.3 is 24.4 Å². The molecule has 49 heavy (non-hydrogen) atoms. The van der Waals surface area contributed by atoms with Crippen LogP contribution in [-0.2, 0) is 14.3 Å². The minimum absolute atomic E-state index is 0.00284. The van der Waals surface area contributed by atoms with Gasteiger partial charge in [0.25, 0.3) is 5.91 Å². The van der Waals surface area contributed by atoms with E-state index >= 15 is 0 Å². The summed E-state index contributed by atoms with van der Waals surface area (Å²) in [6.45, 7) is 9.18. The number of rotatable bonds is 9. The molecule has 270 valence electrons. The van der Waals surface area contributed by atoms with E-state index in [0.717, 1.165) is 17.6 Å². The number of cyclic esters (lactones) is 1. The Balaban J connectivity index is 1.69. The molecule has 1 aromatic rings. The van der Waals surface area contributed by atoms with Crippen molar-refractivity contribution in [2.24, 2.45) is 17.3 Å². The smallest absolute Gasteiger partial charge is 0.416 e. The van der Waals surface area contributed by atoms with Gasteiger partial charge in [0.1, 0.15) is 17.9 Å². The first-order valence-electron chi connectivity index (χ1n) is 16.0. The number of methoxy groups -OCH3 is 2. The fourth-order valence-corrected chi connectivity index (χ4v) is 6.73. The van der Waals surface area contributed by atoms with Crippen LogP contribution >= 0.6 is 0 Å². The van der Waals surface area contributed by atoms with Crippen molar-refractivity contribution in [1.82, 2.24) is 10.2 Å².